The molecule has 1 heterocycles. The number of rotatable bonds is 7. The zero-order chi connectivity index (χ0) is 16.7. The molecule has 5 heteroatoms. The van der Waals surface area contributed by atoms with Crippen LogP contribution in [0.25, 0.3) is 0 Å². The Balaban J connectivity index is 1.90. The van der Waals surface area contributed by atoms with Gasteiger partial charge in [0.1, 0.15) is 0 Å². The van der Waals surface area contributed by atoms with Crippen LogP contribution in [-0.2, 0) is 6.54 Å². The van der Waals surface area contributed by atoms with Crippen molar-refractivity contribution in [1.82, 2.24) is 9.80 Å². The van der Waals surface area contributed by atoms with Gasteiger partial charge >= 0.3 is 0 Å². The molecule has 0 radical (unpaired) electrons. The Morgan fingerprint density at radius 2 is 1.83 bits per heavy atom. The SMILES string of the molecule is COc1cc(CN2CCN(CCC#N)CC2)ccc1OC(C)C. The Kier molecular flexibility index (Phi) is 6.69. The molecule has 5 nitrogen and oxygen atoms in total. The molecule has 1 aliphatic rings. The standard InChI is InChI=1S/C18H27N3O2/c1-15(2)23-17-6-5-16(13-18(17)22-3)14-21-11-9-20(10-12-21)8-4-7-19/h5-6,13,15H,4,8-12,14H2,1-3H3. The number of hydrogen-bond acceptors (Lipinski definition) is 5. The zero-order valence-corrected chi connectivity index (χ0v) is 14.4. The minimum absolute atomic E-state index is 0.135. The highest BCUT2D eigenvalue weighted by atomic mass is 16.5. The van der Waals surface area contributed by atoms with E-state index in [4.69, 9.17) is 14.7 Å². The van der Waals surface area contributed by atoms with Gasteiger partial charge in [0.05, 0.1) is 19.3 Å². The molecule has 1 aromatic rings. The fourth-order valence-electron chi connectivity index (χ4n) is 2.80. The molecular formula is C18H27N3O2. The van der Waals surface area contributed by atoms with Crippen molar-refractivity contribution in [3.8, 4) is 17.6 Å². The van der Waals surface area contributed by atoms with Crippen molar-refractivity contribution < 1.29 is 9.47 Å². The van der Waals surface area contributed by atoms with E-state index in [1.807, 2.05) is 19.9 Å². The van der Waals surface area contributed by atoms with Crippen LogP contribution in [0.5, 0.6) is 11.5 Å². The second-order valence-corrected chi connectivity index (χ2v) is 6.18. The van der Waals surface area contributed by atoms with Gasteiger partial charge in [0.25, 0.3) is 0 Å². The Bertz CT molecular complexity index is 532. The van der Waals surface area contributed by atoms with Crippen LogP contribution < -0.4 is 9.47 Å². The Hall–Kier alpha value is -1.77. The highest BCUT2D eigenvalue weighted by molar-refractivity contribution is 5.43. The topological polar surface area (TPSA) is 48.7 Å². The Labute approximate surface area is 139 Å². The molecule has 0 aromatic heterocycles. The molecule has 0 unspecified atom stereocenters. The zero-order valence-electron chi connectivity index (χ0n) is 14.4. The van der Waals surface area contributed by atoms with E-state index in [0.717, 1.165) is 50.8 Å². The van der Waals surface area contributed by atoms with E-state index in [-0.39, 0.29) is 6.10 Å². The maximum atomic E-state index is 8.66. The lowest BCUT2D eigenvalue weighted by molar-refractivity contribution is 0.129. The molecule has 0 bridgehead atoms. The molecule has 23 heavy (non-hydrogen) atoms. The van der Waals surface area contributed by atoms with Crippen molar-refractivity contribution in [3.63, 3.8) is 0 Å². The first-order valence-electron chi connectivity index (χ1n) is 8.27. The predicted octanol–water partition coefficient (Wildman–Crippen LogP) is 2.51. The van der Waals surface area contributed by atoms with Crippen LogP contribution in [0.1, 0.15) is 25.8 Å². The third-order valence-corrected chi connectivity index (χ3v) is 4.00. The summed E-state index contributed by atoms with van der Waals surface area (Å²) in [6.07, 6.45) is 0.755. The highest BCUT2D eigenvalue weighted by Gasteiger charge is 2.17. The van der Waals surface area contributed by atoms with Crippen molar-refractivity contribution in [1.29, 1.82) is 5.26 Å². The number of piperazine rings is 1. The first kappa shape index (κ1) is 17.6. The summed E-state index contributed by atoms with van der Waals surface area (Å²) in [5.74, 6) is 1.59. The Morgan fingerprint density at radius 3 is 2.43 bits per heavy atom. The number of methoxy groups -OCH3 is 1. The van der Waals surface area contributed by atoms with Crippen LogP contribution in [0, 0.1) is 11.3 Å². The fourth-order valence-corrected chi connectivity index (χ4v) is 2.80. The first-order chi connectivity index (χ1) is 11.1. The molecule has 2 rings (SSSR count). The van der Waals surface area contributed by atoms with Gasteiger partial charge in [-0.3, -0.25) is 9.80 Å². The summed E-state index contributed by atoms with van der Waals surface area (Å²) in [5, 5.41) is 8.66. The average molecular weight is 317 g/mol. The van der Waals surface area contributed by atoms with E-state index in [2.05, 4.69) is 28.0 Å². The lowest BCUT2D eigenvalue weighted by Crippen LogP contribution is -2.46. The summed E-state index contributed by atoms with van der Waals surface area (Å²) in [5.41, 5.74) is 1.24. The first-order valence-corrected chi connectivity index (χ1v) is 8.27. The molecule has 1 fully saturated rings. The number of nitrogens with zero attached hydrogens (tertiary/aromatic N) is 3. The monoisotopic (exact) mass is 317 g/mol. The number of hydrogen-bond donors (Lipinski definition) is 0. The maximum Gasteiger partial charge on any atom is 0.161 e. The Morgan fingerprint density at radius 1 is 1.13 bits per heavy atom. The fraction of sp³-hybridized carbons (Fsp3) is 0.611. The molecular weight excluding hydrogens is 290 g/mol. The summed E-state index contributed by atoms with van der Waals surface area (Å²) in [7, 11) is 1.68. The normalized spacial score (nSPS) is 16.3. The third-order valence-electron chi connectivity index (χ3n) is 4.00. The third kappa shape index (κ3) is 5.42. The van der Waals surface area contributed by atoms with Gasteiger partial charge in [0.2, 0.25) is 0 Å². The highest BCUT2D eigenvalue weighted by Crippen LogP contribution is 2.29. The molecule has 0 N–H and O–H groups in total. The molecule has 126 valence electrons. The van der Waals surface area contributed by atoms with Crippen molar-refractivity contribution in [2.24, 2.45) is 0 Å². The maximum absolute atomic E-state index is 8.66. The summed E-state index contributed by atoms with van der Waals surface area (Å²) in [4.78, 5) is 4.81. The summed E-state index contributed by atoms with van der Waals surface area (Å²) < 4.78 is 11.2. The molecule has 1 aromatic carbocycles. The van der Waals surface area contributed by atoms with Gasteiger partial charge in [0.15, 0.2) is 11.5 Å². The summed E-state index contributed by atoms with van der Waals surface area (Å²) in [6, 6.07) is 8.40. The van der Waals surface area contributed by atoms with Crippen LogP contribution >= 0.6 is 0 Å². The van der Waals surface area contributed by atoms with Crippen molar-refractivity contribution >= 4 is 0 Å². The van der Waals surface area contributed by atoms with E-state index in [9.17, 15) is 0 Å². The summed E-state index contributed by atoms with van der Waals surface area (Å²) in [6.45, 7) is 9.98. The van der Waals surface area contributed by atoms with E-state index in [1.165, 1.54) is 5.56 Å². The van der Waals surface area contributed by atoms with Crippen molar-refractivity contribution in [2.45, 2.75) is 32.9 Å². The summed E-state index contributed by atoms with van der Waals surface area (Å²) >= 11 is 0. The van der Waals surface area contributed by atoms with E-state index in [0.29, 0.717) is 6.42 Å². The van der Waals surface area contributed by atoms with E-state index in [1.54, 1.807) is 7.11 Å². The van der Waals surface area contributed by atoms with Gasteiger partial charge in [-0.1, -0.05) is 6.07 Å². The van der Waals surface area contributed by atoms with Crippen LogP contribution in [0.3, 0.4) is 0 Å². The number of nitriles is 1. The average Bonchev–Trinajstić information content (AvgIpc) is 2.55. The van der Waals surface area contributed by atoms with Gasteiger partial charge in [0, 0.05) is 45.7 Å². The lowest BCUT2D eigenvalue weighted by atomic mass is 10.1. The van der Waals surface area contributed by atoms with Crippen LogP contribution in [0.15, 0.2) is 18.2 Å². The largest absolute Gasteiger partial charge is 0.493 e. The van der Waals surface area contributed by atoms with Gasteiger partial charge in [-0.05, 0) is 31.5 Å². The minimum atomic E-state index is 0.135. The molecule has 0 saturated carbocycles. The second-order valence-electron chi connectivity index (χ2n) is 6.18. The van der Waals surface area contributed by atoms with Crippen molar-refractivity contribution in [3.05, 3.63) is 23.8 Å². The van der Waals surface area contributed by atoms with Crippen molar-refractivity contribution in [2.75, 3.05) is 39.8 Å². The van der Waals surface area contributed by atoms with Gasteiger partial charge in [-0.25, -0.2) is 0 Å². The molecule has 0 amide bonds. The molecule has 0 atom stereocenters. The lowest BCUT2D eigenvalue weighted by Gasteiger charge is -2.34. The van der Waals surface area contributed by atoms with Gasteiger partial charge in [-0.2, -0.15) is 5.26 Å². The number of ether oxygens (including phenoxy) is 2. The van der Waals surface area contributed by atoms with Gasteiger partial charge in [-0.15, -0.1) is 0 Å². The molecule has 1 saturated heterocycles. The minimum Gasteiger partial charge on any atom is -0.493 e. The second kappa shape index (κ2) is 8.76. The van der Waals surface area contributed by atoms with Crippen LogP contribution in [0.4, 0.5) is 0 Å². The quantitative estimate of drug-likeness (QED) is 0.773. The molecule has 0 aliphatic carbocycles. The predicted molar refractivity (Wildman–Crippen MR) is 90.7 cm³/mol. The van der Waals surface area contributed by atoms with Crippen LogP contribution in [0.2, 0.25) is 0 Å². The van der Waals surface area contributed by atoms with Gasteiger partial charge < -0.3 is 9.47 Å². The van der Waals surface area contributed by atoms with E-state index < -0.39 is 0 Å². The molecule has 0 spiro atoms. The molecule has 1 aliphatic heterocycles. The smallest absolute Gasteiger partial charge is 0.161 e. The van der Waals surface area contributed by atoms with Crippen LogP contribution in [-0.4, -0.2) is 55.7 Å². The van der Waals surface area contributed by atoms with E-state index >= 15 is 0 Å². The number of benzene rings is 1.